The molecule has 0 aromatic heterocycles. The van der Waals surface area contributed by atoms with Crippen molar-refractivity contribution in [2.45, 2.75) is 41.9 Å². The molecule has 1 atom stereocenters. The van der Waals surface area contributed by atoms with Gasteiger partial charge >= 0.3 is 0 Å². The molecule has 2 heterocycles. The fraction of sp³-hybridized carbons (Fsp3) is 0.409. The van der Waals surface area contributed by atoms with Gasteiger partial charge in [0.2, 0.25) is 0 Å². The second kappa shape index (κ2) is 10.2. The number of halogens is 2. The van der Waals surface area contributed by atoms with E-state index in [1.807, 2.05) is 24.8 Å². The number of quaternary nitrogens is 1. The standard InChI is InChI=1S/C22H26ClN3OS.ClH/c1-15(25-27)5-6-16-13-19-20(26-11-9-24-10-12-26)3-2-4-21(19)28-22-8-7-17(23)14-18(16)22;/h2-4,7-8,14,16,24,27H,5-6,9-13H2,1H3;1H/b25-15+;. The third-order valence-electron chi connectivity index (χ3n) is 5.83. The van der Waals surface area contributed by atoms with E-state index in [1.54, 1.807) is 4.90 Å². The number of hydrogen-bond donors (Lipinski definition) is 3. The zero-order chi connectivity index (χ0) is 19.5. The van der Waals surface area contributed by atoms with Crippen LogP contribution in [-0.4, -0.2) is 37.1 Å². The van der Waals surface area contributed by atoms with E-state index in [2.05, 4.69) is 40.8 Å². The lowest BCUT2D eigenvalue weighted by Gasteiger charge is -2.27. The molecule has 156 valence electrons. The number of rotatable bonds is 4. The Labute approximate surface area is 188 Å². The number of nitrogens with zero attached hydrogens (tertiary/aromatic N) is 1. The Kier molecular flexibility index (Phi) is 7.88. The number of nitrogens with one attached hydrogen (secondary N) is 2. The summed E-state index contributed by atoms with van der Waals surface area (Å²) in [5, 5.41) is 16.7. The van der Waals surface area contributed by atoms with Crippen LogP contribution in [-0.2, 0) is 6.42 Å². The van der Waals surface area contributed by atoms with Crippen molar-refractivity contribution < 1.29 is 22.5 Å². The van der Waals surface area contributed by atoms with Crippen LogP contribution in [0.3, 0.4) is 0 Å². The van der Waals surface area contributed by atoms with Crippen molar-refractivity contribution in [3.05, 3.63) is 52.5 Å². The molecule has 2 aromatic rings. The van der Waals surface area contributed by atoms with Gasteiger partial charge in [0, 0.05) is 33.5 Å². The maximum atomic E-state index is 9.08. The van der Waals surface area contributed by atoms with Gasteiger partial charge in [0.05, 0.1) is 18.8 Å². The first kappa shape index (κ1) is 22.4. The van der Waals surface area contributed by atoms with E-state index < -0.39 is 0 Å². The van der Waals surface area contributed by atoms with Gasteiger partial charge in [-0.2, -0.15) is 0 Å². The van der Waals surface area contributed by atoms with Gasteiger partial charge in [-0.1, -0.05) is 34.6 Å². The molecule has 7 heteroatoms. The van der Waals surface area contributed by atoms with Gasteiger partial charge in [0.1, 0.15) is 5.69 Å². The summed E-state index contributed by atoms with van der Waals surface area (Å²) in [6.45, 7) is 6.27. The first-order chi connectivity index (χ1) is 13.7. The van der Waals surface area contributed by atoms with Crippen LogP contribution in [0, 0.1) is 0 Å². The number of fused-ring (bicyclic) bond motifs is 2. The number of piperazine rings is 1. The van der Waals surface area contributed by atoms with Crippen LogP contribution in [0.4, 0.5) is 5.69 Å². The van der Waals surface area contributed by atoms with Crippen LogP contribution in [0.25, 0.3) is 0 Å². The summed E-state index contributed by atoms with van der Waals surface area (Å²) >= 11 is 8.23. The molecule has 0 radical (unpaired) electrons. The molecule has 2 aliphatic rings. The zero-order valence-corrected chi connectivity index (χ0v) is 18.9. The topological polar surface area (TPSA) is 49.1 Å². The van der Waals surface area contributed by atoms with Gasteiger partial charge < -0.3 is 27.8 Å². The second-order valence-electron chi connectivity index (χ2n) is 7.70. The maximum absolute atomic E-state index is 9.08. The van der Waals surface area contributed by atoms with Crippen LogP contribution in [0.15, 0.2) is 51.3 Å². The predicted octanol–water partition coefficient (Wildman–Crippen LogP) is 0.885. The van der Waals surface area contributed by atoms with Gasteiger partial charge in [-0.3, -0.25) is 0 Å². The van der Waals surface area contributed by atoms with E-state index in [-0.39, 0.29) is 12.4 Å². The first-order valence-electron chi connectivity index (χ1n) is 9.98. The van der Waals surface area contributed by atoms with E-state index in [0.717, 1.165) is 56.2 Å². The van der Waals surface area contributed by atoms with Crippen molar-refractivity contribution in [2.75, 3.05) is 26.2 Å². The van der Waals surface area contributed by atoms with Crippen molar-refractivity contribution >= 4 is 34.8 Å². The zero-order valence-electron chi connectivity index (χ0n) is 16.5. The quantitative estimate of drug-likeness (QED) is 0.367. The van der Waals surface area contributed by atoms with Gasteiger partial charge in [-0.05, 0) is 68.0 Å². The molecule has 1 saturated heterocycles. The van der Waals surface area contributed by atoms with E-state index in [9.17, 15) is 0 Å². The molecule has 29 heavy (non-hydrogen) atoms. The van der Waals surface area contributed by atoms with Gasteiger partial charge in [0.25, 0.3) is 0 Å². The molecule has 2 aromatic carbocycles. The molecule has 0 amide bonds. The van der Waals surface area contributed by atoms with Crippen molar-refractivity contribution in [1.82, 2.24) is 5.32 Å². The van der Waals surface area contributed by atoms with E-state index in [4.69, 9.17) is 16.8 Å². The van der Waals surface area contributed by atoms with Gasteiger partial charge in [-0.15, -0.1) is 0 Å². The van der Waals surface area contributed by atoms with Crippen molar-refractivity contribution in [3.63, 3.8) is 0 Å². The second-order valence-corrected chi connectivity index (χ2v) is 9.22. The van der Waals surface area contributed by atoms with Crippen LogP contribution >= 0.6 is 23.4 Å². The lowest BCUT2D eigenvalue weighted by Crippen LogP contribution is -3.10. The Morgan fingerprint density at radius 1 is 1.24 bits per heavy atom. The highest BCUT2D eigenvalue weighted by molar-refractivity contribution is 7.99. The highest BCUT2D eigenvalue weighted by atomic mass is 35.5. The number of hydrogen-bond acceptors (Lipinski definition) is 4. The maximum Gasteiger partial charge on any atom is 0.135 e. The van der Waals surface area contributed by atoms with E-state index >= 15 is 0 Å². The number of benzene rings is 2. The Morgan fingerprint density at radius 3 is 2.79 bits per heavy atom. The molecule has 4 nitrogen and oxygen atoms in total. The first-order valence-corrected chi connectivity index (χ1v) is 11.2. The third-order valence-corrected chi connectivity index (χ3v) is 7.26. The summed E-state index contributed by atoms with van der Waals surface area (Å²) in [5.41, 5.74) is 5.02. The number of oxime groups is 1. The van der Waals surface area contributed by atoms with Crippen LogP contribution in [0.2, 0.25) is 5.02 Å². The molecule has 0 aliphatic carbocycles. The molecule has 2 aliphatic heterocycles. The summed E-state index contributed by atoms with van der Waals surface area (Å²) in [6.07, 6.45) is 2.74. The van der Waals surface area contributed by atoms with Crippen molar-refractivity contribution in [1.29, 1.82) is 0 Å². The smallest absolute Gasteiger partial charge is 0.135 e. The lowest BCUT2D eigenvalue weighted by atomic mass is 9.87. The van der Waals surface area contributed by atoms with Crippen LogP contribution in [0.1, 0.15) is 36.8 Å². The normalized spacial score (nSPS) is 19.7. The molecule has 3 N–H and O–H groups in total. The summed E-state index contributed by atoms with van der Waals surface area (Å²) in [7, 11) is 0. The molecule has 1 unspecified atom stereocenters. The van der Waals surface area contributed by atoms with Crippen molar-refractivity contribution in [3.8, 4) is 0 Å². The monoisotopic (exact) mass is 451 g/mol. The lowest BCUT2D eigenvalue weighted by molar-refractivity contribution is -0.835. The minimum atomic E-state index is 0. The summed E-state index contributed by atoms with van der Waals surface area (Å²) in [5.74, 6) is 0.364. The average molecular weight is 452 g/mol. The van der Waals surface area contributed by atoms with E-state index in [1.165, 1.54) is 26.6 Å². The fourth-order valence-corrected chi connectivity index (χ4v) is 5.66. The summed E-state index contributed by atoms with van der Waals surface area (Å²) < 4.78 is 0. The Morgan fingerprint density at radius 2 is 2.03 bits per heavy atom. The predicted molar refractivity (Wildman–Crippen MR) is 116 cm³/mol. The minimum absolute atomic E-state index is 0. The highest BCUT2D eigenvalue weighted by Gasteiger charge is 2.28. The van der Waals surface area contributed by atoms with Crippen LogP contribution < -0.4 is 22.6 Å². The molecule has 1 fully saturated rings. The minimum Gasteiger partial charge on any atom is -1.00 e. The Bertz CT molecular complexity index is 884. The SMILES string of the molecule is C/C(CCC1Cc2c(cccc2[NH+]2CCNCC2)Sc2ccc(Cl)cc21)=N\O.[Cl-]. The highest BCUT2D eigenvalue weighted by Crippen LogP contribution is 2.45. The molecule has 0 bridgehead atoms. The third kappa shape index (κ3) is 5.09. The molecule has 0 saturated carbocycles. The van der Waals surface area contributed by atoms with Gasteiger partial charge in [-0.25, -0.2) is 0 Å². The Balaban J connectivity index is 0.00000240. The molecular formula is C22H27Cl2N3OS. The molecule has 0 spiro atoms. The Hall–Kier alpha value is -1.24. The molecular weight excluding hydrogens is 425 g/mol. The summed E-state index contributed by atoms with van der Waals surface area (Å²) in [6, 6.07) is 13.0. The van der Waals surface area contributed by atoms with Crippen molar-refractivity contribution in [2.24, 2.45) is 5.16 Å². The largest absolute Gasteiger partial charge is 1.00 e. The average Bonchev–Trinajstić information content (AvgIpc) is 2.88. The van der Waals surface area contributed by atoms with Crippen LogP contribution in [0.5, 0.6) is 0 Å². The molecule has 4 rings (SSSR count). The van der Waals surface area contributed by atoms with E-state index in [0.29, 0.717) is 5.92 Å². The fourth-order valence-electron chi connectivity index (χ4n) is 4.30. The van der Waals surface area contributed by atoms with Gasteiger partial charge in [0.15, 0.2) is 0 Å². The summed E-state index contributed by atoms with van der Waals surface area (Å²) in [4.78, 5) is 4.23.